The van der Waals surface area contributed by atoms with E-state index in [-0.39, 0.29) is 22.4 Å². The number of fused-ring (bicyclic) bond motifs is 1. The maximum atomic E-state index is 13.1. The van der Waals surface area contributed by atoms with Crippen LogP contribution in [0.1, 0.15) is 5.56 Å². The highest BCUT2D eigenvalue weighted by Gasteiger charge is 2.58. The van der Waals surface area contributed by atoms with Crippen molar-refractivity contribution in [2.75, 3.05) is 6.61 Å². The standard InChI is InChI=1S/C17H10F8N2O/c18-15(19,17(23,24)25)8-28-14-7-26-4-3-11(14)13-6-9-5-10(16(20,21)22)1-2-12(9)27-13/h1-7,27H,8H2. The third-order valence-electron chi connectivity index (χ3n) is 3.85. The van der Waals surface area contributed by atoms with E-state index in [2.05, 4.69) is 14.7 Å². The van der Waals surface area contributed by atoms with Crippen LogP contribution in [0.2, 0.25) is 0 Å². The number of alkyl halides is 8. The number of aromatic nitrogens is 2. The lowest BCUT2D eigenvalue weighted by atomic mass is 10.1. The number of rotatable bonds is 4. The largest absolute Gasteiger partial charge is 0.485 e. The van der Waals surface area contributed by atoms with E-state index in [1.807, 2.05) is 0 Å². The van der Waals surface area contributed by atoms with Crippen molar-refractivity contribution >= 4 is 10.9 Å². The van der Waals surface area contributed by atoms with Gasteiger partial charge in [-0.15, -0.1) is 0 Å². The van der Waals surface area contributed by atoms with E-state index in [0.29, 0.717) is 5.52 Å². The molecule has 0 spiro atoms. The summed E-state index contributed by atoms with van der Waals surface area (Å²) in [6.45, 7) is -1.96. The second-order valence-corrected chi connectivity index (χ2v) is 5.85. The van der Waals surface area contributed by atoms with Gasteiger partial charge in [0, 0.05) is 22.7 Å². The summed E-state index contributed by atoms with van der Waals surface area (Å²) in [5.74, 6) is -5.46. The van der Waals surface area contributed by atoms with Crippen molar-refractivity contribution in [3.05, 3.63) is 48.3 Å². The van der Waals surface area contributed by atoms with E-state index < -0.39 is 30.4 Å². The average molecular weight is 410 g/mol. The zero-order valence-electron chi connectivity index (χ0n) is 13.6. The van der Waals surface area contributed by atoms with E-state index in [1.54, 1.807) is 0 Å². The van der Waals surface area contributed by atoms with Gasteiger partial charge in [-0.2, -0.15) is 35.1 Å². The molecule has 2 heterocycles. The molecule has 3 rings (SSSR count). The summed E-state index contributed by atoms with van der Waals surface area (Å²) in [7, 11) is 0. The Hall–Kier alpha value is -2.85. The lowest BCUT2D eigenvalue weighted by Crippen LogP contribution is -2.41. The van der Waals surface area contributed by atoms with Gasteiger partial charge in [-0.05, 0) is 30.3 Å². The summed E-state index contributed by atoms with van der Waals surface area (Å²) >= 11 is 0. The summed E-state index contributed by atoms with van der Waals surface area (Å²) in [5.41, 5.74) is -0.340. The number of nitrogens with one attached hydrogen (secondary N) is 1. The number of hydrogen-bond acceptors (Lipinski definition) is 2. The van der Waals surface area contributed by atoms with Crippen LogP contribution in [-0.4, -0.2) is 28.7 Å². The molecule has 28 heavy (non-hydrogen) atoms. The maximum Gasteiger partial charge on any atom is 0.456 e. The third-order valence-corrected chi connectivity index (χ3v) is 3.85. The lowest BCUT2D eigenvalue weighted by molar-refractivity contribution is -0.289. The van der Waals surface area contributed by atoms with E-state index in [9.17, 15) is 35.1 Å². The summed E-state index contributed by atoms with van der Waals surface area (Å²) < 4.78 is 106. The van der Waals surface area contributed by atoms with Gasteiger partial charge in [0.1, 0.15) is 5.75 Å². The van der Waals surface area contributed by atoms with Gasteiger partial charge in [-0.3, -0.25) is 4.98 Å². The fourth-order valence-corrected chi connectivity index (χ4v) is 2.42. The number of halogens is 8. The topological polar surface area (TPSA) is 37.9 Å². The van der Waals surface area contributed by atoms with Gasteiger partial charge in [0.15, 0.2) is 6.61 Å². The summed E-state index contributed by atoms with van der Waals surface area (Å²) in [5, 5.41) is 0.174. The molecule has 0 aliphatic heterocycles. The molecule has 0 aliphatic rings. The number of pyridine rings is 1. The molecule has 0 saturated carbocycles. The molecule has 0 fully saturated rings. The smallest absolute Gasteiger partial charge is 0.456 e. The fourth-order valence-electron chi connectivity index (χ4n) is 2.42. The molecule has 0 saturated heterocycles. The molecule has 1 N–H and O–H groups in total. The van der Waals surface area contributed by atoms with Crippen molar-refractivity contribution < 1.29 is 39.9 Å². The number of aromatic amines is 1. The van der Waals surface area contributed by atoms with Crippen molar-refractivity contribution in [3.8, 4) is 17.0 Å². The minimum absolute atomic E-state index is 0.0673. The van der Waals surface area contributed by atoms with Crippen LogP contribution in [0.25, 0.3) is 22.2 Å². The summed E-state index contributed by atoms with van der Waals surface area (Å²) in [6, 6.07) is 5.50. The molecular formula is C17H10F8N2O. The Morgan fingerprint density at radius 1 is 0.929 bits per heavy atom. The first kappa shape index (κ1) is 19.9. The first-order chi connectivity index (χ1) is 12.9. The minimum Gasteiger partial charge on any atom is -0.485 e. The number of benzene rings is 1. The highest BCUT2D eigenvalue weighted by atomic mass is 19.4. The van der Waals surface area contributed by atoms with Gasteiger partial charge in [0.05, 0.1) is 17.5 Å². The zero-order chi connectivity index (χ0) is 20.7. The molecule has 0 radical (unpaired) electrons. The monoisotopic (exact) mass is 410 g/mol. The van der Waals surface area contributed by atoms with Crippen LogP contribution >= 0.6 is 0 Å². The number of hydrogen-bond donors (Lipinski definition) is 1. The molecule has 150 valence electrons. The summed E-state index contributed by atoms with van der Waals surface area (Å²) in [4.78, 5) is 6.39. The van der Waals surface area contributed by atoms with Gasteiger partial charge in [-0.25, -0.2) is 0 Å². The average Bonchev–Trinajstić information content (AvgIpc) is 3.01. The number of nitrogens with zero attached hydrogens (tertiary/aromatic N) is 1. The summed E-state index contributed by atoms with van der Waals surface area (Å²) in [6.07, 6.45) is -8.17. The molecule has 0 unspecified atom stereocenters. The zero-order valence-corrected chi connectivity index (χ0v) is 13.6. The molecule has 3 aromatic rings. The quantitative estimate of drug-likeness (QED) is 0.550. The van der Waals surface area contributed by atoms with Gasteiger partial charge < -0.3 is 9.72 Å². The van der Waals surface area contributed by atoms with Crippen molar-refractivity contribution in [3.63, 3.8) is 0 Å². The van der Waals surface area contributed by atoms with Crippen molar-refractivity contribution in [1.29, 1.82) is 0 Å². The van der Waals surface area contributed by atoms with Crippen LogP contribution < -0.4 is 4.74 Å². The van der Waals surface area contributed by atoms with Crippen molar-refractivity contribution in [2.24, 2.45) is 0 Å². The molecule has 0 aliphatic carbocycles. The van der Waals surface area contributed by atoms with Crippen LogP contribution in [0.5, 0.6) is 5.75 Å². The first-order valence-electron chi connectivity index (χ1n) is 7.60. The Bertz CT molecular complexity index is 991. The predicted molar refractivity (Wildman–Crippen MR) is 83.0 cm³/mol. The molecule has 0 bridgehead atoms. The molecule has 0 atom stereocenters. The molecular weight excluding hydrogens is 400 g/mol. The van der Waals surface area contributed by atoms with Crippen LogP contribution in [0.4, 0.5) is 35.1 Å². The first-order valence-corrected chi connectivity index (χ1v) is 7.60. The number of ether oxygens (including phenoxy) is 1. The minimum atomic E-state index is -5.79. The van der Waals surface area contributed by atoms with Crippen molar-refractivity contribution in [2.45, 2.75) is 18.3 Å². The third kappa shape index (κ3) is 3.87. The predicted octanol–water partition coefficient (Wildman–Crippen LogP) is 5.83. The van der Waals surface area contributed by atoms with E-state index in [1.165, 1.54) is 24.4 Å². The molecule has 11 heteroatoms. The van der Waals surface area contributed by atoms with Crippen molar-refractivity contribution in [1.82, 2.24) is 9.97 Å². The van der Waals surface area contributed by atoms with Crippen LogP contribution in [0, 0.1) is 0 Å². The van der Waals surface area contributed by atoms with Crippen LogP contribution in [0.3, 0.4) is 0 Å². The second-order valence-electron chi connectivity index (χ2n) is 5.85. The molecule has 0 amide bonds. The molecule has 2 aromatic heterocycles. The van der Waals surface area contributed by atoms with Crippen LogP contribution in [0.15, 0.2) is 42.7 Å². The normalized spacial score (nSPS) is 13.1. The molecule has 1 aromatic carbocycles. The maximum absolute atomic E-state index is 13.1. The highest BCUT2D eigenvalue weighted by molar-refractivity contribution is 5.87. The van der Waals surface area contributed by atoms with E-state index in [4.69, 9.17) is 0 Å². The number of H-pyrrole nitrogens is 1. The van der Waals surface area contributed by atoms with E-state index >= 15 is 0 Å². The second kappa shape index (κ2) is 6.64. The van der Waals surface area contributed by atoms with Gasteiger partial charge in [0.2, 0.25) is 0 Å². The Labute approximate surface area is 151 Å². The Morgan fingerprint density at radius 2 is 1.64 bits per heavy atom. The molecule has 3 nitrogen and oxygen atoms in total. The van der Waals surface area contributed by atoms with Crippen LogP contribution in [-0.2, 0) is 6.18 Å². The van der Waals surface area contributed by atoms with Gasteiger partial charge >= 0.3 is 18.3 Å². The van der Waals surface area contributed by atoms with Gasteiger partial charge in [0.25, 0.3) is 0 Å². The fraction of sp³-hybridized carbons (Fsp3) is 0.235. The Balaban J connectivity index is 1.94. The van der Waals surface area contributed by atoms with Gasteiger partial charge in [-0.1, -0.05) is 0 Å². The lowest BCUT2D eigenvalue weighted by Gasteiger charge is -2.20. The highest BCUT2D eigenvalue weighted by Crippen LogP contribution is 2.38. The SMILES string of the molecule is FC(F)(F)c1ccc2[nH]c(-c3ccncc3OCC(F)(F)C(F)(F)F)cc2c1. The van der Waals surface area contributed by atoms with E-state index in [0.717, 1.165) is 18.3 Å². The Morgan fingerprint density at radius 3 is 2.29 bits per heavy atom. The Kier molecular flexibility index (Phi) is 4.72.